The number of nitrogens with one attached hydrogen (secondary N) is 1. The van der Waals surface area contributed by atoms with Gasteiger partial charge in [0.15, 0.2) is 0 Å². The maximum absolute atomic E-state index is 13.1. The first-order chi connectivity index (χ1) is 10.4. The lowest BCUT2D eigenvalue weighted by atomic mass is 9.99. The summed E-state index contributed by atoms with van der Waals surface area (Å²) >= 11 is 0. The van der Waals surface area contributed by atoms with Crippen molar-refractivity contribution in [3.63, 3.8) is 0 Å². The number of para-hydroxylation sites is 1. The summed E-state index contributed by atoms with van der Waals surface area (Å²) in [5, 5.41) is 3.18. The summed E-state index contributed by atoms with van der Waals surface area (Å²) in [6.07, 6.45) is -5.14. The van der Waals surface area contributed by atoms with Crippen LogP contribution in [-0.4, -0.2) is 43.4 Å². The van der Waals surface area contributed by atoms with Crippen molar-refractivity contribution in [3.05, 3.63) is 29.8 Å². The molecule has 0 unspecified atom stereocenters. The molecule has 1 heterocycles. The highest BCUT2D eigenvalue weighted by atomic mass is 35.5. The third-order valence-corrected chi connectivity index (χ3v) is 3.66. The molecule has 0 saturated carbocycles. The predicted octanol–water partition coefficient (Wildman–Crippen LogP) is 3.79. The molecule has 3 nitrogen and oxygen atoms in total. The fourth-order valence-electron chi connectivity index (χ4n) is 2.77. The summed E-state index contributed by atoms with van der Waals surface area (Å²) < 4.78 is 44.9. The highest BCUT2D eigenvalue weighted by molar-refractivity contribution is 5.85. The largest absolute Gasteiger partial charge is 0.491 e. The van der Waals surface area contributed by atoms with Crippen LogP contribution in [0.15, 0.2) is 24.3 Å². The van der Waals surface area contributed by atoms with E-state index in [0.717, 1.165) is 0 Å². The zero-order valence-corrected chi connectivity index (χ0v) is 14.2. The Kier molecular flexibility index (Phi) is 7.64. The van der Waals surface area contributed by atoms with Crippen molar-refractivity contribution >= 4 is 12.4 Å². The second kappa shape index (κ2) is 8.76. The molecule has 2 rings (SSSR count). The van der Waals surface area contributed by atoms with Gasteiger partial charge in [0, 0.05) is 37.8 Å². The Morgan fingerprint density at radius 2 is 1.78 bits per heavy atom. The van der Waals surface area contributed by atoms with E-state index in [1.807, 2.05) is 18.7 Å². The van der Waals surface area contributed by atoms with Gasteiger partial charge in [-0.15, -0.1) is 12.4 Å². The number of hydrogen-bond donors (Lipinski definition) is 1. The maximum Gasteiger partial charge on any atom is 0.390 e. The van der Waals surface area contributed by atoms with Crippen LogP contribution in [-0.2, 0) is 0 Å². The summed E-state index contributed by atoms with van der Waals surface area (Å²) in [5.74, 6) is 0.547. The lowest BCUT2D eigenvalue weighted by Gasteiger charge is -2.36. The van der Waals surface area contributed by atoms with Crippen LogP contribution in [0.2, 0.25) is 0 Å². The van der Waals surface area contributed by atoms with Crippen molar-refractivity contribution in [2.45, 2.75) is 38.6 Å². The van der Waals surface area contributed by atoms with Gasteiger partial charge in [-0.25, -0.2) is 0 Å². The molecular formula is C16H24ClF3N2O. The van der Waals surface area contributed by atoms with Crippen LogP contribution in [0.1, 0.15) is 31.9 Å². The van der Waals surface area contributed by atoms with Crippen LogP contribution in [0.4, 0.5) is 13.2 Å². The molecule has 7 heteroatoms. The van der Waals surface area contributed by atoms with Crippen LogP contribution in [0.25, 0.3) is 0 Å². The molecule has 1 N–H and O–H groups in total. The number of benzene rings is 1. The van der Waals surface area contributed by atoms with E-state index in [0.29, 0.717) is 37.5 Å². The van der Waals surface area contributed by atoms with Gasteiger partial charge in [-0.05, 0) is 19.9 Å². The Hall–Kier alpha value is -0.980. The van der Waals surface area contributed by atoms with E-state index < -0.39 is 18.6 Å². The predicted molar refractivity (Wildman–Crippen MR) is 87.3 cm³/mol. The van der Waals surface area contributed by atoms with E-state index in [4.69, 9.17) is 4.74 Å². The summed E-state index contributed by atoms with van der Waals surface area (Å²) in [5.41, 5.74) is 0.621. The molecule has 0 bridgehead atoms. The van der Waals surface area contributed by atoms with Gasteiger partial charge in [-0.2, -0.15) is 13.2 Å². The highest BCUT2D eigenvalue weighted by Crippen LogP contribution is 2.38. The molecule has 1 aliphatic heterocycles. The van der Waals surface area contributed by atoms with Gasteiger partial charge in [0.2, 0.25) is 0 Å². The Morgan fingerprint density at radius 3 is 2.35 bits per heavy atom. The third-order valence-electron chi connectivity index (χ3n) is 3.66. The zero-order valence-electron chi connectivity index (χ0n) is 13.4. The SMILES string of the molecule is CC(C)Oc1ccccc1[C@@H](CC(F)(F)F)N1CCNCC1.Cl. The Balaban J connectivity index is 0.00000264. The minimum atomic E-state index is -4.21. The monoisotopic (exact) mass is 352 g/mol. The molecule has 0 spiro atoms. The average Bonchev–Trinajstić information content (AvgIpc) is 2.45. The topological polar surface area (TPSA) is 24.5 Å². The molecule has 0 amide bonds. The summed E-state index contributed by atoms with van der Waals surface area (Å²) in [6, 6.07) is 6.37. The molecule has 1 aromatic rings. The fraction of sp³-hybridized carbons (Fsp3) is 0.625. The number of rotatable bonds is 5. The van der Waals surface area contributed by atoms with E-state index in [2.05, 4.69) is 5.32 Å². The summed E-state index contributed by atoms with van der Waals surface area (Å²) in [4.78, 5) is 1.90. The van der Waals surface area contributed by atoms with Gasteiger partial charge in [-0.1, -0.05) is 18.2 Å². The Bertz CT molecular complexity index is 477. The van der Waals surface area contributed by atoms with Crippen molar-refractivity contribution in [2.75, 3.05) is 26.2 Å². The van der Waals surface area contributed by atoms with E-state index in [1.165, 1.54) is 0 Å². The van der Waals surface area contributed by atoms with E-state index >= 15 is 0 Å². The Labute approximate surface area is 141 Å². The molecule has 0 radical (unpaired) electrons. The smallest absolute Gasteiger partial charge is 0.390 e. The van der Waals surface area contributed by atoms with Gasteiger partial charge in [-0.3, -0.25) is 4.90 Å². The van der Waals surface area contributed by atoms with Crippen molar-refractivity contribution in [2.24, 2.45) is 0 Å². The van der Waals surface area contributed by atoms with Gasteiger partial charge >= 0.3 is 6.18 Å². The quantitative estimate of drug-likeness (QED) is 0.872. The molecule has 0 aliphatic carbocycles. The average molecular weight is 353 g/mol. The number of piperazine rings is 1. The molecule has 1 aromatic carbocycles. The fourth-order valence-corrected chi connectivity index (χ4v) is 2.77. The molecule has 1 fully saturated rings. The minimum Gasteiger partial charge on any atom is -0.491 e. The molecule has 23 heavy (non-hydrogen) atoms. The van der Waals surface area contributed by atoms with Crippen LogP contribution >= 0.6 is 12.4 Å². The van der Waals surface area contributed by atoms with Crippen molar-refractivity contribution < 1.29 is 17.9 Å². The standard InChI is InChI=1S/C16H23F3N2O.ClH/c1-12(2)22-15-6-4-3-5-13(15)14(11-16(17,18)19)21-9-7-20-8-10-21;/h3-6,12,14,20H,7-11H2,1-2H3;1H/t14-;/m1./s1. The lowest BCUT2D eigenvalue weighted by Crippen LogP contribution is -2.46. The van der Waals surface area contributed by atoms with E-state index in [9.17, 15) is 13.2 Å². The van der Waals surface area contributed by atoms with Crippen molar-refractivity contribution in [1.82, 2.24) is 10.2 Å². The number of alkyl halides is 3. The number of nitrogens with zero attached hydrogens (tertiary/aromatic N) is 1. The third kappa shape index (κ3) is 6.20. The molecule has 0 aromatic heterocycles. The first-order valence-corrected chi connectivity index (χ1v) is 7.64. The molecule has 132 valence electrons. The zero-order chi connectivity index (χ0) is 16.2. The molecule has 1 atom stereocenters. The second-order valence-corrected chi connectivity index (χ2v) is 5.83. The van der Waals surface area contributed by atoms with Crippen molar-refractivity contribution in [1.29, 1.82) is 0 Å². The van der Waals surface area contributed by atoms with E-state index in [1.54, 1.807) is 24.3 Å². The van der Waals surface area contributed by atoms with E-state index in [-0.39, 0.29) is 18.5 Å². The van der Waals surface area contributed by atoms with Crippen LogP contribution in [0, 0.1) is 0 Å². The van der Waals surface area contributed by atoms with Gasteiger partial charge < -0.3 is 10.1 Å². The summed E-state index contributed by atoms with van der Waals surface area (Å²) in [6.45, 7) is 6.39. The molecular weight excluding hydrogens is 329 g/mol. The maximum atomic E-state index is 13.1. The highest BCUT2D eigenvalue weighted by Gasteiger charge is 2.37. The van der Waals surface area contributed by atoms with Gasteiger partial charge in [0.1, 0.15) is 5.75 Å². The molecule has 1 aliphatic rings. The minimum absolute atomic E-state index is 0. The second-order valence-electron chi connectivity index (χ2n) is 5.83. The van der Waals surface area contributed by atoms with Crippen molar-refractivity contribution in [3.8, 4) is 5.75 Å². The summed E-state index contributed by atoms with van der Waals surface area (Å²) in [7, 11) is 0. The number of hydrogen-bond acceptors (Lipinski definition) is 3. The molecule has 1 saturated heterocycles. The van der Waals surface area contributed by atoms with Crippen LogP contribution in [0.3, 0.4) is 0 Å². The van der Waals surface area contributed by atoms with Gasteiger partial charge in [0.05, 0.1) is 12.5 Å². The van der Waals surface area contributed by atoms with Crippen LogP contribution in [0.5, 0.6) is 5.75 Å². The normalized spacial score (nSPS) is 17.7. The first-order valence-electron chi connectivity index (χ1n) is 7.64. The Morgan fingerprint density at radius 1 is 1.17 bits per heavy atom. The number of ether oxygens (including phenoxy) is 1. The lowest BCUT2D eigenvalue weighted by molar-refractivity contribution is -0.148. The number of halogens is 4. The van der Waals surface area contributed by atoms with Gasteiger partial charge in [0.25, 0.3) is 0 Å². The first kappa shape index (κ1) is 20.1. The van der Waals surface area contributed by atoms with Crippen LogP contribution < -0.4 is 10.1 Å².